The zero-order valence-electron chi connectivity index (χ0n) is 11.9. The van der Waals surface area contributed by atoms with Gasteiger partial charge in [0.2, 0.25) is 0 Å². The molecule has 129 valence electrons. The van der Waals surface area contributed by atoms with E-state index < -0.39 is 49.5 Å². The average Bonchev–Trinajstić information content (AvgIpc) is 2.46. The van der Waals surface area contributed by atoms with E-state index in [1.807, 2.05) is 0 Å². The van der Waals surface area contributed by atoms with E-state index in [9.17, 15) is 28.5 Å². The zero-order chi connectivity index (χ0) is 18.1. The summed E-state index contributed by atoms with van der Waals surface area (Å²) in [7, 11) is -4.99. The number of aromatic carboxylic acids is 1. The van der Waals surface area contributed by atoms with Gasteiger partial charge in [0.15, 0.2) is 0 Å². The molecule has 0 bridgehead atoms. The summed E-state index contributed by atoms with van der Waals surface area (Å²) >= 11 is 0. The Bertz CT molecular complexity index is 959. The summed E-state index contributed by atoms with van der Waals surface area (Å²) in [4.78, 5) is 9.80. The Kier molecular flexibility index (Phi) is 6.12. The topological polar surface area (TPSA) is 186 Å². The molecule has 0 heterocycles. The van der Waals surface area contributed by atoms with Crippen LogP contribution < -0.4 is 15.3 Å². The smallest absolute Gasteiger partial charge is 0.872 e. The van der Waals surface area contributed by atoms with Gasteiger partial charge in [-0.05, 0) is 18.2 Å². The van der Waals surface area contributed by atoms with Crippen LogP contribution in [-0.4, -0.2) is 24.0 Å². The monoisotopic (exact) mass is 403 g/mol. The Hall–Kier alpha value is -2.65. The Balaban J connectivity index is 0.00000312. The Morgan fingerprint density at radius 1 is 1.04 bits per heavy atom. The molecule has 0 atom stereocenters. The molecule has 10 nitrogen and oxygen atoms in total. The number of nitrogens with zero attached hydrogens (tertiary/aromatic N) is 2. The van der Waals surface area contributed by atoms with Gasteiger partial charge in [-0.3, -0.25) is 4.55 Å². The molecule has 2 aromatic rings. The minimum absolute atomic E-state index is 0. The van der Waals surface area contributed by atoms with E-state index in [2.05, 4.69) is 10.2 Å². The average molecular weight is 403 g/mol. The maximum absolute atomic E-state index is 11.7. The van der Waals surface area contributed by atoms with Crippen LogP contribution in [0.2, 0.25) is 0 Å². The molecule has 0 spiro atoms. The van der Waals surface area contributed by atoms with Crippen LogP contribution in [0.25, 0.3) is 0 Å². The van der Waals surface area contributed by atoms with Crippen molar-refractivity contribution in [1.82, 2.24) is 0 Å². The number of hydrogen-bond donors (Lipinski definition) is 2. The molecule has 0 unspecified atom stereocenters. The molecule has 1 radical (unpaired) electrons. The molecule has 0 fully saturated rings. The molecule has 25 heavy (non-hydrogen) atoms. The minimum Gasteiger partial charge on any atom is -0.872 e. The SMILES string of the molecule is O=C(O)c1cc(N=Nc2ccc([O-])cc2[O-])cc(S(=O)(=O)O)c1[O-].[Cr+3]. The van der Waals surface area contributed by atoms with Gasteiger partial charge in [-0.2, -0.15) is 18.6 Å². The normalized spacial score (nSPS) is 11.2. The number of benzene rings is 2. The van der Waals surface area contributed by atoms with Crippen LogP contribution in [0, 0.1) is 0 Å². The molecule has 12 heteroatoms. The molecule has 0 saturated carbocycles. The van der Waals surface area contributed by atoms with Crippen molar-refractivity contribution in [2.75, 3.05) is 0 Å². The molecule has 0 aromatic heterocycles. The number of carboxylic acid groups (broad SMARTS) is 1. The molecular formula is C13H7CrN2O8S. The molecular weight excluding hydrogens is 396 g/mol. The van der Waals surface area contributed by atoms with Gasteiger partial charge in [-0.15, -0.1) is 5.75 Å². The fraction of sp³-hybridized carbons (Fsp3) is 0. The predicted molar refractivity (Wildman–Crippen MR) is 72.2 cm³/mol. The van der Waals surface area contributed by atoms with Crippen LogP contribution in [0.3, 0.4) is 0 Å². The molecule has 0 aliphatic rings. The first-order valence-electron chi connectivity index (χ1n) is 6.05. The second-order valence-electron chi connectivity index (χ2n) is 4.43. The summed E-state index contributed by atoms with van der Waals surface area (Å²) in [5.74, 6) is -4.44. The van der Waals surface area contributed by atoms with E-state index in [0.717, 1.165) is 24.3 Å². The van der Waals surface area contributed by atoms with Crippen molar-refractivity contribution in [3.8, 4) is 17.2 Å². The zero-order valence-corrected chi connectivity index (χ0v) is 14.0. The van der Waals surface area contributed by atoms with Crippen molar-refractivity contribution in [2.45, 2.75) is 4.90 Å². The number of carboxylic acids is 1. The van der Waals surface area contributed by atoms with Gasteiger partial charge < -0.3 is 20.4 Å². The van der Waals surface area contributed by atoms with Gasteiger partial charge in [0.25, 0.3) is 10.1 Å². The first kappa shape index (κ1) is 20.4. The van der Waals surface area contributed by atoms with Gasteiger partial charge >= 0.3 is 23.3 Å². The van der Waals surface area contributed by atoms with Crippen molar-refractivity contribution in [1.29, 1.82) is 0 Å². The van der Waals surface area contributed by atoms with E-state index in [-0.39, 0.29) is 23.0 Å². The third-order valence-electron chi connectivity index (χ3n) is 2.75. The van der Waals surface area contributed by atoms with Crippen LogP contribution in [0.4, 0.5) is 11.4 Å². The van der Waals surface area contributed by atoms with Crippen molar-refractivity contribution < 1.29 is 55.6 Å². The van der Waals surface area contributed by atoms with Crippen molar-refractivity contribution in [2.24, 2.45) is 10.2 Å². The van der Waals surface area contributed by atoms with E-state index in [0.29, 0.717) is 6.07 Å². The van der Waals surface area contributed by atoms with Crippen LogP contribution in [0.5, 0.6) is 17.2 Å². The summed E-state index contributed by atoms with van der Waals surface area (Å²) < 4.78 is 31.3. The molecule has 2 N–H and O–H groups in total. The predicted octanol–water partition coefficient (Wildman–Crippen LogP) is 0.265. The second-order valence-corrected chi connectivity index (χ2v) is 5.82. The van der Waals surface area contributed by atoms with Gasteiger partial charge in [-0.25, -0.2) is 4.79 Å². The van der Waals surface area contributed by atoms with E-state index in [1.165, 1.54) is 0 Å². The third-order valence-corrected chi connectivity index (χ3v) is 3.61. The summed E-state index contributed by atoms with van der Waals surface area (Å²) in [5.41, 5.74) is -1.60. The first-order valence-corrected chi connectivity index (χ1v) is 7.49. The summed E-state index contributed by atoms with van der Waals surface area (Å²) in [6.07, 6.45) is 0. The van der Waals surface area contributed by atoms with Crippen molar-refractivity contribution >= 4 is 27.5 Å². The van der Waals surface area contributed by atoms with Crippen LogP contribution >= 0.6 is 0 Å². The van der Waals surface area contributed by atoms with Gasteiger partial charge in [-0.1, -0.05) is 23.6 Å². The van der Waals surface area contributed by atoms with E-state index in [1.54, 1.807) is 0 Å². The Labute approximate surface area is 151 Å². The molecule has 2 rings (SSSR count). The molecule has 2 aromatic carbocycles. The number of carbonyl (C=O) groups is 1. The number of hydrogen-bond acceptors (Lipinski definition) is 8. The summed E-state index contributed by atoms with van der Waals surface area (Å²) in [5, 5.41) is 50.0. The molecule has 0 aliphatic carbocycles. The maximum Gasteiger partial charge on any atom is 3.00 e. The van der Waals surface area contributed by atoms with Crippen LogP contribution in [0.15, 0.2) is 45.5 Å². The largest absolute Gasteiger partial charge is 3.00 e. The molecule has 0 amide bonds. The number of azo groups is 1. The van der Waals surface area contributed by atoms with Crippen molar-refractivity contribution in [3.63, 3.8) is 0 Å². The fourth-order valence-corrected chi connectivity index (χ4v) is 2.30. The van der Waals surface area contributed by atoms with Gasteiger partial charge in [0.05, 0.1) is 21.8 Å². The van der Waals surface area contributed by atoms with E-state index >= 15 is 0 Å². The molecule has 0 aliphatic heterocycles. The summed E-state index contributed by atoms with van der Waals surface area (Å²) in [6, 6.07) is 4.21. The second kappa shape index (κ2) is 7.49. The van der Waals surface area contributed by atoms with Crippen molar-refractivity contribution in [3.05, 3.63) is 35.9 Å². The Morgan fingerprint density at radius 2 is 1.68 bits per heavy atom. The molecule has 0 saturated heterocycles. The van der Waals surface area contributed by atoms with E-state index in [4.69, 9.17) is 9.66 Å². The van der Waals surface area contributed by atoms with Crippen LogP contribution in [0.1, 0.15) is 10.4 Å². The third kappa shape index (κ3) is 4.68. The quantitative estimate of drug-likeness (QED) is 0.537. The van der Waals surface area contributed by atoms with Gasteiger partial charge in [0.1, 0.15) is 0 Å². The van der Waals surface area contributed by atoms with Crippen LogP contribution in [-0.2, 0) is 27.5 Å². The standard InChI is InChI=1S/C13H10N2O8S.Cr/c16-7-1-2-9(10(17)5-7)15-14-6-3-8(13(19)20)12(18)11(4-6)24(21,22)23;/h1-5,16-18H,(H,19,20)(H,21,22,23);/q;+3/p-3. The minimum atomic E-state index is -4.99. The summed E-state index contributed by atoms with van der Waals surface area (Å²) in [6.45, 7) is 0. The van der Waals surface area contributed by atoms with Gasteiger partial charge in [0, 0.05) is 0 Å². The Morgan fingerprint density at radius 3 is 2.20 bits per heavy atom. The number of rotatable bonds is 4. The first-order chi connectivity index (χ1) is 11.1. The maximum atomic E-state index is 11.7. The fourth-order valence-electron chi connectivity index (χ4n) is 1.68.